The summed E-state index contributed by atoms with van der Waals surface area (Å²) in [7, 11) is 0. The van der Waals surface area contributed by atoms with E-state index in [0.29, 0.717) is 24.5 Å². The second-order valence-electron chi connectivity index (χ2n) is 6.15. The lowest BCUT2D eigenvalue weighted by Crippen LogP contribution is -2.22. The molecule has 1 amide bonds. The number of para-hydroxylation sites is 2. The number of anilines is 2. The zero-order valence-electron chi connectivity index (χ0n) is 15.5. The summed E-state index contributed by atoms with van der Waals surface area (Å²) in [5.41, 5.74) is 3.62. The van der Waals surface area contributed by atoms with Crippen molar-refractivity contribution in [1.29, 1.82) is 0 Å². The number of nitrogens with one attached hydrogen (secondary N) is 2. The van der Waals surface area contributed by atoms with Crippen LogP contribution in [0.5, 0.6) is 5.75 Å². The molecule has 1 heterocycles. The smallest absolute Gasteiger partial charge is 0.253 e. The molecule has 2 N–H and O–H groups in total. The topological polar surface area (TPSA) is 63.2 Å². The average Bonchev–Trinajstić information content (AvgIpc) is 2.69. The number of pyridine rings is 1. The van der Waals surface area contributed by atoms with Crippen molar-refractivity contribution in [3.8, 4) is 5.75 Å². The molecule has 5 nitrogen and oxygen atoms in total. The summed E-state index contributed by atoms with van der Waals surface area (Å²) in [6, 6.07) is 19.3. The molecule has 0 saturated carbocycles. The van der Waals surface area contributed by atoms with Crippen LogP contribution in [-0.2, 0) is 6.54 Å². The zero-order chi connectivity index (χ0) is 19.1. The van der Waals surface area contributed by atoms with Crippen LogP contribution in [0.4, 0.5) is 11.5 Å². The number of benzene rings is 2. The minimum Gasteiger partial charge on any atom is -0.492 e. The van der Waals surface area contributed by atoms with Gasteiger partial charge in [0.15, 0.2) is 0 Å². The molecule has 3 aromatic rings. The van der Waals surface area contributed by atoms with E-state index < -0.39 is 0 Å². The Morgan fingerprint density at radius 1 is 1.04 bits per heavy atom. The highest BCUT2D eigenvalue weighted by Gasteiger charge is 2.08. The lowest BCUT2D eigenvalue weighted by Gasteiger charge is -2.12. The van der Waals surface area contributed by atoms with Gasteiger partial charge < -0.3 is 15.4 Å². The van der Waals surface area contributed by atoms with Crippen LogP contribution in [0.1, 0.15) is 28.4 Å². The monoisotopic (exact) mass is 361 g/mol. The number of hydrogen-bond donors (Lipinski definition) is 2. The molecular formula is C22H23N3O2. The molecule has 0 atom stereocenters. The number of hydrogen-bond acceptors (Lipinski definition) is 4. The van der Waals surface area contributed by atoms with E-state index in [1.165, 1.54) is 5.56 Å². The van der Waals surface area contributed by atoms with Gasteiger partial charge in [-0.1, -0.05) is 42.0 Å². The van der Waals surface area contributed by atoms with Gasteiger partial charge in [-0.15, -0.1) is 0 Å². The van der Waals surface area contributed by atoms with Crippen molar-refractivity contribution in [2.75, 3.05) is 11.9 Å². The normalized spacial score (nSPS) is 10.3. The van der Waals surface area contributed by atoms with Crippen molar-refractivity contribution in [2.45, 2.75) is 20.4 Å². The summed E-state index contributed by atoms with van der Waals surface area (Å²) in [4.78, 5) is 16.6. The van der Waals surface area contributed by atoms with Crippen molar-refractivity contribution in [2.24, 2.45) is 0 Å². The first-order valence-electron chi connectivity index (χ1n) is 8.94. The molecule has 2 aromatic carbocycles. The van der Waals surface area contributed by atoms with Crippen LogP contribution < -0.4 is 15.4 Å². The minimum absolute atomic E-state index is 0.149. The van der Waals surface area contributed by atoms with Gasteiger partial charge in [-0.3, -0.25) is 4.79 Å². The van der Waals surface area contributed by atoms with Crippen LogP contribution in [0, 0.1) is 6.92 Å². The van der Waals surface area contributed by atoms with Gasteiger partial charge in [0.2, 0.25) is 0 Å². The number of rotatable bonds is 7. The van der Waals surface area contributed by atoms with Crippen molar-refractivity contribution in [3.05, 3.63) is 83.6 Å². The average molecular weight is 361 g/mol. The molecule has 0 aliphatic heterocycles. The second kappa shape index (κ2) is 8.85. The van der Waals surface area contributed by atoms with Gasteiger partial charge in [0.05, 0.1) is 17.9 Å². The highest BCUT2D eigenvalue weighted by Crippen LogP contribution is 2.26. The van der Waals surface area contributed by atoms with Crippen molar-refractivity contribution in [1.82, 2.24) is 10.3 Å². The molecule has 0 spiro atoms. The van der Waals surface area contributed by atoms with Crippen molar-refractivity contribution in [3.63, 3.8) is 0 Å². The first kappa shape index (κ1) is 18.5. The third-order valence-corrected chi connectivity index (χ3v) is 4.05. The number of carbonyl (C=O) groups is 1. The molecule has 138 valence electrons. The van der Waals surface area contributed by atoms with Crippen LogP contribution >= 0.6 is 0 Å². The van der Waals surface area contributed by atoms with E-state index in [1.54, 1.807) is 18.3 Å². The summed E-state index contributed by atoms with van der Waals surface area (Å²) < 4.78 is 5.60. The third-order valence-electron chi connectivity index (χ3n) is 4.05. The Balaban J connectivity index is 1.61. The van der Waals surface area contributed by atoms with Crippen LogP contribution in [0.2, 0.25) is 0 Å². The predicted molar refractivity (Wildman–Crippen MR) is 107 cm³/mol. The molecule has 0 bridgehead atoms. The molecule has 5 heteroatoms. The number of ether oxygens (including phenoxy) is 1. The molecular weight excluding hydrogens is 338 g/mol. The van der Waals surface area contributed by atoms with E-state index in [-0.39, 0.29) is 5.91 Å². The minimum atomic E-state index is -0.149. The first-order chi connectivity index (χ1) is 13.2. The molecule has 1 aromatic heterocycles. The Labute approximate surface area is 159 Å². The van der Waals surface area contributed by atoms with Gasteiger partial charge >= 0.3 is 0 Å². The van der Waals surface area contributed by atoms with Crippen LogP contribution in [0.25, 0.3) is 0 Å². The maximum absolute atomic E-state index is 12.3. The van der Waals surface area contributed by atoms with Crippen molar-refractivity contribution < 1.29 is 9.53 Å². The summed E-state index contributed by atoms with van der Waals surface area (Å²) in [5.74, 6) is 1.27. The van der Waals surface area contributed by atoms with Gasteiger partial charge in [0.1, 0.15) is 11.6 Å². The third kappa shape index (κ3) is 5.07. The zero-order valence-corrected chi connectivity index (χ0v) is 15.5. The van der Waals surface area contributed by atoms with E-state index >= 15 is 0 Å². The Morgan fingerprint density at radius 2 is 1.81 bits per heavy atom. The standard InChI is InChI=1S/C22H23N3O2/c1-3-27-20-7-5-4-6-19(20)25-21-13-12-18(15-23-21)22(26)24-14-17-10-8-16(2)9-11-17/h4-13,15H,3,14H2,1-2H3,(H,23,25)(H,24,26). The number of amides is 1. The van der Waals surface area contributed by atoms with Crippen LogP contribution in [0.15, 0.2) is 66.9 Å². The fraction of sp³-hybridized carbons (Fsp3) is 0.182. The summed E-state index contributed by atoms with van der Waals surface area (Å²) in [5, 5.41) is 6.13. The molecule has 3 rings (SSSR count). The van der Waals surface area contributed by atoms with Gasteiger partial charge in [-0.05, 0) is 43.7 Å². The fourth-order valence-corrected chi connectivity index (χ4v) is 2.58. The summed E-state index contributed by atoms with van der Waals surface area (Å²) >= 11 is 0. The largest absolute Gasteiger partial charge is 0.492 e. The quantitative estimate of drug-likeness (QED) is 0.652. The SMILES string of the molecule is CCOc1ccccc1Nc1ccc(C(=O)NCc2ccc(C)cc2)cn1. The Bertz CT molecular complexity index is 890. The number of nitrogens with zero attached hydrogens (tertiary/aromatic N) is 1. The van der Waals surface area contributed by atoms with E-state index in [0.717, 1.165) is 17.0 Å². The molecule has 27 heavy (non-hydrogen) atoms. The Hall–Kier alpha value is -3.34. The van der Waals surface area contributed by atoms with E-state index in [9.17, 15) is 4.79 Å². The number of aryl methyl sites for hydroxylation is 1. The van der Waals surface area contributed by atoms with Crippen molar-refractivity contribution >= 4 is 17.4 Å². The molecule has 0 saturated heterocycles. The number of aromatic nitrogens is 1. The Kier molecular flexibility index (Phi) is 6.05. The molecule has 0 radical (unpaired) electrons. The number of carbonyl (C=O) groups excluding carboxylic acids is 1. The highest BCUT2D eigenvalue weighted by molar-refractivity contribution is 5.94. The molecule has 0 aliphatic carbocycles. The lowest BCUT2D eigenvalue weighted by molar-refractivity contribution is 0.0950. The van der Waals surface area contributed by atoms with Crippen LogP contribution in [-0.4, -0.2) is 17.5 Å². The fourth-order valence-electron chi connectivity index (χ4n) is 2.58. The van der Waals surface area contributed by atoms with Gasteiger partial charge in [0.25, 0.3) is 5.91 Å². The maximum Gasteiger partial charge on any atom is 0.253 e. The summed E-state index contributed by atoms with van der Waals surface area (Å²) in [6.45, 7) is 5.06. The first-order valence-corrected chi connectivity index (χ1v) is 8.94. The predicted octanol–water partition coefficient (Wildman–Crippen LogP) is 4.46. The van der Waals surface area contributed by atoms with Gasteiger partial charge in [0, 0.05) is 12.7 Å². The van der Waals surface area contributed by atoms with Crippen LogP contribution in [0.3, 0.4) is 0 Å². The molecule has 0 fully saturated rings. The summed E-state index contributed by atoms with van der Waals surface area (Å²) in [6.07, 6.45) is 1.57. The molecule has 0 aliphatic rings. The molecule has 0 unspecified atom stereocenters. The van der Waals surface area contributed by atoms with E-state index in [1.807, 2.05) is 62.4 Å². The second-order valence-corrected chi connectivity index (χ2v) is 6.15. The van der Waals surface area contributed by atoms with E-state index in [2.05, 4.69) is 15.6 Å². The van der Waals surface area contributed by atoms with Gasteiger partial charge in [-0.2, -0.15) is 0 Å². The lowest BCUT2D eigenvalue weighted by atomic mass is 10.1. The maximum atomic E-state index is 12.3. The van der Waals surface area contributed by atoms with E-state index in [4.69, 9.17) is 4.74 Å². The van der Waals surface area contributed by atoms with Gasteiger partial charge in [-0.25, -0.2) is 4.98 Å². The Morgan fingerprint density at radius 3 is 2.52 bits per heavy atom. The highest BCUT2D eigenvalue weighted by atomic mass is 16.5.